The standard InChI is InChI=1S/C14H24O2S/c1-3-11(2)13(15)12-4-7-16-14(10-12)5-8-17-9-6-14/h11-12H,3-10H2,1-2H3. The molecule has 2 nitrogen and oxygen atoms in total. The Balaban J connectivity index is 1.98. The normalized spacial score (nSPS) is 30.1. The third-order valence-corrected chi connectivity index (χ3v) is 5.38. The molecule has 0 aliphatic carbocycles. The SMILES string of the molecule is CCC(C)C(=O)C1CCOC2(CCSCC2)C1. The van der Waals surface area contributed by atoms with E-state index in [1.165, 1.54) is 11.5 Å². The fraction of sp³-hybridized carbons (Fsp3) is 0.929. The van der Waals surface area contributed by atoms with Crippen molar-refractivity contribution in [2.75, 3.05) is 18.1 Å². The van der Waals surface area contributed by atoms with Gasteiger partial charge in [0.2, 0.25) is 0 Å². The molecule has 0 bridgehead atoms. The molecule has 2 heterocycles. The maximum Gasteiger partial charge on any atom is 0.138 e. The van der Waals surface area contributed by atoms with Crippen LogP contribution in [0.2, 0.25) is 0 Å². The van der Waals surface area contributed by atoms with E-state index in [-0.39, 0.29) is 17.4 Å². The van der Waals surface area contributed by atoms with E-state index in [9.17, 15) is 4.79 Å². The number of thioether (sulfide) groups is 1. The maximum absolute atomic E-state index is 12.3. The highest BCUT2D eigenvalue weighted by molar-refractivity contribution is 7.99. The third-order valence-electron chi connectivity index (χ3n) is 4.40. The number of ether oxygens (including phenoxy) is 1. The molecule has 1 spiro atoms. The summed E-state index contributed by atoms with van der Waals surface area (Å²) < 4.78 is 6.03. The largest absolute Gasteiger partial charge is 0.375 e. The van der Waals surface area contributed by atoms with Crippen molar-refractivity contribution in [2.45, 2.75) is 51.6 Å². The summed E-state index contributed by atoms with van der Waals surface area (Å²) in [5.74, 6) is 3.37. The van der Waals surface area contributed by atoms with E-state index < -0.39 is 0 Å². The van der Waals surface area contributed by atoms with Crippen molar-refractivity contribution in [1.82, 2.24) is 0 Å². The van der Waals surface area contributed by atoms with Gasteiger partial charge in [-0.25, -0.2) is 0 Å². The molecule has 2 unspecified atom stereocenters. The number of ketones is 1. The maximum atomic E-state index is 12.3. The molecule has 0 N–H and O–H groups in total. The molecule has 0 aromatic heterocycles. The Morgan fingerprint density at radius 3 is 2.82 bits per heavy atom. The smallest absolute Gasteiger partial charge is 0.138 e. The molecule has 0 aromatic carbocycles. The molecule has 2 aliphatic rings. The van der Waals surface area contributed by atoms with Crippen LogP contribution in [-0.4, -0.2) is 29.5 Å². The van der Waals surface area contributed by atoms with E-state index in [0.29, 0.717) is 5.78 Å². The van der Waals surface area contributed by atoms with Crippen molar-refractivity contribution in [3.63, 3.8) is 0 Å². The van der Waals surface area contributed by atoms with Gasteiger partial charge in [0.15, 0.2) is 0 Å². The molecule has 3 heteroatoms. The van der Waals surface area contributed by atoms with E-state index in [4.69, 9.17) is 4.74 Å². The highest BCUT2D eigenvalue weighted by Crippen LogP contribution is 2.40. The minimum atomic E-state index is 0.0529. The fourth-order valence-electron chi connectivity index (χ4n) is 2.97. The first-order valence-electron chi connectivity index (χ1n) is 6.92. The number of hydrogen-bond acceptors (Lipinski definition) is 3. The van der Waals surface area contributed by atoms with Gasteiger partial charge in [0.05, 0.1) is 5.60 Å². The Morgan fingerprint density at radius 2 is 2.18 bits per heavy atom. The monoisotopic (exact) mass is 256 g/mol. The second kappa shape index (κ2) is 5.75. The molecule has 2 rings (SSSR count). The molecule has 17 heavy (non-hydrogen) atoms. The van der Waals surface area contributed by atoms with E-state index in [0.717, 1.165) is 38.7 Å². The van der Waals surface area contributed by atoms with Crippen LogP contribution >= 0.6 is 11.8 Å². The van der Waals surface area contributed by atoms with Gasteiger partial charge in [-0.15, -0.1) is 0 Å². The minimum Gasteiger partial charge on any atom is -0.375 e. The van der Waals surface area contributed by atoms with Gasteiger partial charge >= 0.3 is 0 Å². The summed E-state index contributed by atoms with van der Waals surface area (Å²) in [4.78, 5) is 12.3. The average Bonchev–Trinajstić information content (AvgIpc) is 2.38. The molecule has 0 aromatic rings. The molecular weight excluding hydrogens is 232 g/mol. The van der Waals surface area contributed by atoms with E-state index >= 15 is 0 Å². The Bertz CT molecular complexity index is 266. The van der Waals surface area contributed by atoms with Gasteiger partial charge in [0, 0.05) is 18.4 Å². The first-order valence-corrected chi connectivity index (χ1v) is 8.08. The third kappa shape index (κ3) is 3.05. The summed E-state index contributed by atoms with van der Waals surface area (Å²) in [6.07, 6.45) is 5.18. The van der Waals surface area contributed by atoms with Crippen molar-refractivity contribution in [3.05, 3.63) is 0 Å². The van der Waals surface area contributed by atoms with Crippen molar-refractivity contribution in [3.8, 4) is 0 Å². The lowest BCUT2D eigenvalue weighted by atomic mass is 9.77. The lowest BCUT2D eigenvalue weighted by Crippen LogP contribution is -2.45. The summed E-state index contributed by atoms with van der Waals surface area (Å²) in [5.41, 5.74) is 0.0529. The van der Waals surface area contributed by atoms with Gasteiger partial charge in [-0.3, -0.25) is 4.79 Å². The van der Waals surface area contributed by atoms with Crippen LogP contribution in [0.15, 0.2) is 0 Å². The van der Waals surface area contributed by atoms with E-state index in [1.807, 2.05) is 11.8 Å². The van der Waals surface area contributed by atoms with E-state index in [2.05, 4.69) is 13.8 Å². The Hall–Kier alpha value is -0.0200. The van der Waals surface area contributed by atoms with Crippen molar-refractivity contribution < 1.29 is 9.53 Å². The molecule has 0 radical (unpaired) electrons. The van der Waals surface area contributed by atoms with Gasteiger partial charge < -0.3 is 4.74 Å². The van der Waals surface area contributed by atoms with Gasteiger partial charge in [0.1, 0.15) is 5.78 Å². The zero-order valence-electron chi connectivity index (χ0n) is 11.0. The topological polar surface area (TPSA) is 26.3 Å². The first-order chi connectivity index (χ1) is 8.17. The molecule has 2 saturated heterocycles. The average molecular weight is 256 g/mol. The predicted molar refractivity (Wildman–Crippen MR) is 72.4 cm³/mol. The summed E-state index contributed by atoms with van der Waals surface area (Å²) in [5, 5.41) is 0. The summed E-state index contributed by atoms with van der Waals surface area (Å²) in [6.45, 7) is 4.97. The quantitative estimate of drug-likeness (QED) is 0.775. The lowest BCUT2D eigenvalue weighted by molar-refractivity contribution is -0.141. The van der Waals surface area contributed by atoms with Crippen LogP contribution in [-0.2, 0) is 9.53 Å². The second-order valence-corrected chi connectivity index (χ2v) is 6.77. The van der Waals surface area contributed by atoms with Crippen LogP contribution in [0.5, 0.6) is 0 Å². The molecule has 2 atom stereocenters. The van der Waals surface area contributed by atoms with Crippen molar-refractivity contribution in [1.29, 1.82) is 0 Å². The minimum absolute atomic E-state index is 0.0529. The second-order valence-electron chi connectivity index (χ2n) is 5.55. The molecule has 0 saturated carbocycles. The van der Waals surface area contributed by atoms with Crippen LogP contribution in [0.1, 0.15) is 46.0 Å². The molecule has 0 amide bonds. The number of hydrogen-bond donors (Lipinski definition) is 0. The van der Waals surface area contributed by atoms with Gasteiger partial charge in [-0.2, -0.15) is 11.8 Å². The number of Topliss-reactive ketones (excluding diaryl/α,β-unsaturated/α-hetero) is 1. The zero-order chi connectivity index (χ0) is 12.3. The van der Waals surface area contributed by atoms with Crippen LogP contribution in [0.4, 0.5) is 0 Å². The Morgan fingerprint density at radius 1 is 1.47 bits per heavy atom. The van der Waals surface area contributed by atoms with Crippen molar-refractivity contribution in [2.24, 2.45) is 11.8 Å². The van der Waals surface area contributed by atoms with Crippen molar-refractivity contribution >= 4 is 17.5 Å². The fourth-order valence-corrected chi connectivity index (χ4v) is 4.20. The predicted octanol–water partition coefficient (Wildman–Crippen LogP) is 3.29. The summed E-state index contributed by atoms with van der Waals surface area (Å²) in [7, 11) is 0. The highest BCUT2D eigenvalue weighted by Gasteiger charge is 2.41. The van der Waals surface area contributed by atoms with Crippen LogP contribution in [0.3, 0.4) is 0 Å². The Kier molecular flexibility index (Phi) is 4.53. The number of rotatable bonds is 3. The number of carbonyl (C=O) groups is 1. The molecular formula is C14H24O2S. The van der Waals surface area contributed by atoms with Crippen LogP contribution in [0, 0.1) is 11.8 Å². The summed E-state index contributed by atoms with van der Waals surface area (Å²) in [6, 6.07) is 0. The molecule has 98 valence electrons. The van der Waals surface area contributed by atoms with Gasteiger partial charge in [0.25, 0.3) is 0 Å². The zero-order valence-corrected chi connectivity index (χ0v) is 11.9. The van der Waals surface area contributed by atoms with Gasteiger partial charge in [-0.05, 0) is 43.6 Å². The van der Waals surface area contributed by atoms with Crippen LogP contribution in [0.25, 0.3) is 0 Å². The number of carbonyl (C=O) groups excluding carboxylic acids is 1. The highest BCUT2D eigenvalue weighted by atomic mass is 32.2. The summed E-state index contributed by atoms with van der Waals surface area (Å²) >= 11 is 2.02. The molecule has 2 fully saturated rings. The Labute approximate surface area is 109 Å². The van der Waals surface area contributed by atoms with E-state index in [1.54, 1.807) is 0 Å². The van der Waals surface area contributed by atoms with Crippen LogP contribution < -0.4 is 0 Å². The lowest BCUT2D eigenvalue weighted by Gasteiger charge is -2.43. The first kappa shape index (κ1) is 13.4. The van der Waals surface area contributed by atoms with Gasteiger partial charge in [-0.1, -0.05) is 13.8 Å². The molecule has 2 aliphatic heterocycles.